The predicted molar refractivity (Wildman–Crippen MR) is 57.0 cm³/mol. The molecule has 15 heavy (non-hydrogen) atoms. The number of aromatic amines is 1. The SMILES string of the molecule is CC1(C(=O)NCc2cn[nH]c2)CCCC1. The van der Waals surface area contributed by atoms with Gasteiger partial charge >= 0.3 is 0 Å². The van der Waals surface area contributed by atoms with Crippen molar-refractivity contribution in [3.63, 3.8) is 0 Å². The van der Waals surface area contributed by atoms with E-state index in [2.05, 4.69) is 22.4 Å². The molecule has 0 spiro atoms. The van der Waals surface area contributed by atoms with Gasteiger partial charge in [-0.1, -0.05) is 19.8 Å². The maximum atomic E-state index is 11.9. The number of rotatable bonds is 3. The van der Waals surface area contributed by atoms with Crippen LogP contribution in [-0.2, 0) is 11.3 Å². The number of hydrogen-bond donors (Lipinski definition) is 2. The van der Waals surface area contributed by atoms with Gasteiger partial charge in [-0.2, -0.15) is 5.10 Å². The van der Waals surface area contributed by atoms with Gasteiger partial charge in [0.25, 0.3) is 0 Å². The Morgan fingerprint density at radius 1 is 1.60 bits per heavy atom. The first-order valence-electron chi connectivity index (χ1n) is 5.47. The number of amides is 1. The van der Waals surface area contributed by atoms with Crippen LogP contribution in [0.5, 0.6) is 0 Å². The Balaban J connectivity index is 1.87. The minimum Gasteiger partial charge on any atom is -0.351 e. The molecule has 1 fully saturated rings. The van der Waals surface area contributed by atoms with Gasteiger partial charge in [0.15, 0.2) is 0 Å². The molecule has 0 unspecified atom stereocenters. The van der Waals surface area contributed by atoms with Crippen LogP contribution >= 0.6 is 0 Å². The molecule has 2 rings (SSSR count). The average molecular weight is 207 g/mol. The molecular formula is C11H17N3O. The zero-order valence-corrected chi connectivity index (χ0v) is 9.05. The van der Waals surface area contributed by atoms with E-state index in [4.69, 9.17) is 0 Å². The third-order valence-corrected chi connectivity index (χ3v) is 3.26. The third-order valence-electron chi connectivity index (χ3n) is 3.26. The molecule has 4 heteroatoms. The number of nitrogens with zero attached hydrogens (tertiary/aromatic N) is 1. The van der Waals surface area contributed by atoms with E-state index in [-0.39, 0.29) is 11.3 Å². The van der Waals surface area contributed by atoms with Crippen molar-refractivity contribution in [2.24, 2.45) is 5.41 Å². The van der Waals surface area contributed by atoms with Gasteiger partial charge in [0.2, 0.25) is 5.91 Å². The minimum atomic E-state index is -0.135. The van der Waals surface area contributed by atoms with E-state index in [0.717, 1.165) is 18.4 Å². The fourth-order valence-corrected chi connectivity index (χ4v) is 2.15. The van der Waals surface area contributed by atoms with Crippen LogP contribution in [-0.4, -0.2) is 16.1 Å². The fraction of sp³-hybridized carbons (Fsp3) is 0.636. The Hall–Kier alpha value is -1.32. The lowest BCUT2D eigenvalue weighted by atomic mass is 9.88. The first-order chi connectivity index (χ1) is 7.21. The van der Waals surface area contributed by atoms with Crippen LogP contribution in [0.1, 0.15) is 38.2 Å². The highest BCUT2D eigenvalue weighted by atomic mass is 16.2. The summed E-state index contributed by atoms with van der Waals surface area (Å²) in [6.07, 6.45) is 7.92. The van der Waals surface area contributed by atoms with Gasteiger partial charge in [-0.05, 0) is 12.8 Å². The molecule has 0 radical (unpaired) electrons. The van der Waals surface area contributed by atoms with Crippen LogP contribution in [0.3, 0.4) is 0 Å². The summed E-state index contributed by atoms with van der Waals surface area (Å²) in [6.45, 7) is 2.63. The lowest BCUT2D eigenvalue weighted by Gasteiger charge is -2.21. The standard InChI is InChI=1S/C11H17N3O/c1-11(4-2-3-5-11)10(15)12-6-9-7-13-14-8-9/h7-8H,2-6H2,1H3,(H,12,15)(H,13,14). The summed E-state index contributed by atoms with van der Waals surface area (Å²) >= 11 is 0. The average Bonchev–Trinajstić information content (AvgIpc) is 2.85. The number of hydrogen-bond acceptors (Lipinski definition) is 2. The molecule has 1 amide bonds. The lowest BCUT2D eigenvalue weighted by molar-refractivity contribution is -0.130. The molecule has 0 bridgehead atoms. The number of carbonyl (C=O) groups is 1. The van der Waals surface area contributed by atoms with Gasteiger partial charge in [-0.25, -0.2) is 0 Å². The second kappa shape index (κ2) is 4.04. The molecule has 2 N–H and O–H groups in total. The van der Waals surface area contributed by atoms with Gasteiger partial charge < -0.3 is 5.32 Å². The molecule has 0 atom stereocenters. The first kappa shape index (κ1) is 10.2. The highest BCUT2D eigenvalue weighted by molar-refractivity contribution is 5.82. The monoisotopic (exact) mass is 207 g/mol. The predicted octanol–water partition coefficient (Wildman–Crippen LogP) is 1.61. The van der Waals surface area contributed by atoms with Crippen LogP contribution in [0.15, 0.2) is 12.4 Å². The second-order valence-electron chi connectivity index (χ2n) is 4.56. The molecule has 1 aliphatic carbocycles. The zero-order chi connectivity index (χ0) is 10.7. The van der Waals surface area contributed by atoms with Gasteiger partial charge in [0.05, 0.1) is 6.20 Å². The van der Waals surface area contributed by atoms with E-state index in [9.17, 15) is 4.79 Å². The highest BCUT2D eigenvalue weighted by Gasteiger charge is 2.35. The largest absolute Gasteiger partial charge is 0.351 e. The Morgan fingerprint density at radius 3 is 2.93 bits per heavy atom. The van der Waals surface area contributed by atoms with E-state index in [1.165, 1.54) is 12.8 Å². The van der Waals surface area contributed by atoms with Crippen molar-refractivity contribution in [1.29, 1.82) is 0 Å². The topological polar surface area (TPSA) is 57.8 Å². The van der Waals surface area contributed by atoms with Crippen molar-refractivity contribution >= 4 is 5.91 Å². The van der Waals surface area contributed by atoms with E-state index in [1.807, 2.05) is 0 Å². The van der Waals surface area contributed by atoms with E-state index < -0.39 is 0 Å². The summed E-state index contributed by atoms with van der Waals surface area (Å²) in [5, 5.41) is 9.54. The van der Waals surface area contributed by atoms with Crippen LogP contribution in [0.4, 0.5) is 0 Å². The van der Waals surface area contributed by atoms with Crippen LogP contribution in [0.2, 0.25) is 0 Å². The molecule has 82 valence electrons. The summed E-state index contributed by atoms with van der Waals surface area (Å²) in [7, 11) is 0. The Bertz CT molecular complexity index is 326. The molecule has 0 saturated heterocycles. The smallest absolute Gasteiger partial charge is 0.226 e. The van der Waals surface area contributed by atoms with Crippen LogP contribution in [0, 0.1) is 5.41 Å². The molecular weight excluding hydrogens is 190 g/mol. The molecule has 0 aromatic carbocycles. The zero-order valence-electron chi connectivity index (χ0n) is 9.05. The van der Waals surface area contributed by atoms with Gasteiger partial charge in [-0.3, -0.25) is 9.89 Å². The summed E-state index contributed by atoms with van der Waals surface area (Å²) in [4.78, 5) is 11.9. The van der Waals surface area contributed by atoms with Crippen molar-refractivity contribution in [2.75, 3.05) is 0 Å². The summed E-state index contributed by atoms with van der Waals surface area (Å²) in [5.74, 6) is 0.182. The molecule has 1 aromatic rings. The molecule has 1 heterocycles. The van der Waals surface area contributed by atoms with Crippen molar-refractivity contribution in [2.45, 2.75) is 39.2 Å². The minimum absolute atomic E-state index is 0.135. The van der Waals surface area contributed by atoms with Crippen molar-refractivity contribution < 1.29 is 4.79 Å². The number of nitrogens with one attached hydrogen (secondary N) is 2. The summed E-state index contributed by atoms with van der Waals surface area (Å²) in [5.41, 5.74) is 0.883. The van der Waals surface area contributed by atoms with Gasteiger partial charge in [-0.15, -0.1) is 0 Å². The third kappa shape index (κ3) is 2.19. The summed E-state index contributed by atoms with van der Waals surface area (Å²) < 4.78 is 0. The van der Waals surface area contributed by atoms with Gasteiger partial charge in [0.1, 0.15) is 0 Å². The van der Waals surface area contributed by atoms with Crippen molar-refractivity contribution in [3.05, 3.63) is 18.0 Å². The van der Waals surface area contributed by atoms with Crippen LogP contribution in [0.25, 0.3) is 0 Å². The number of H-pyrrole nitrogens is 1. The lowest BCUT2D eigenvalue weighted by Crippen LogP contribution is -2.36. The van der Waals surface area contributed by atoms with Crippen molar-refractivity contribution in [1.82, 2.24) is 15.5 Å². The molecule has 0 aliphatic heterocycles. The summed E-state index contributed by atoms with van der Waals surface area (Å²) in [6, 6.07) is 0. The van der Waals surface area contributed by atoms with Crippen LogP contribution < -0.4 is 5.32 Å². The van der Waals surface area contributed by atoms with Gasteiger partial charge in [0, 0.05) is 23.7 Å². The van der Waals surface area contributed by atoms with E-state index in [1.54, 1.807) is 12.4 Å². The maximum absolute atomic E-state index is 11.9. The molecule has 1 aliphatic rings. The van der Waals surface area contributed by atoms with E-state index in [0.29, 0.717) is 6.54 Å². The second-order valence-corrected chi connectivity index (χ2v) is 4.56. The first-order valence-corrected chi connectivity index (χ1v) is 5.47. The molecule has 4 nitrogen and oxygen atoms in total. The number of carbonyl (C=O) groups excluding carboxylic acids is 1. The van der Waals surface area contributed by atoms with Crippen molar-refractivity contribution in [3.8, 4) is 0 Å². The Morgan fingerprint density at radius 2 is 2.33 bits per heavy atom. The molecule has 1 aromatic heterocycles. The van der Waals surface area contributed by atoms with E-state index >= 15 is 0 Å². The molecule has 1 saturated carbocycles. The quantitative estimate of drug-likeness (QED) is 0.791. The maximum Gasteiger partial charge on any atom is 0.226 e. The Kier molecular flexibility index (Phi) is 2.75. The highest BCUT2D eigenvalue weighted by Crippen LogP contribution is 2.37. The normalized spacial score (nSPS) is 19.0. The fourth-order valence-electron chi connectivity index (χ4n) is 2.15. The number of aromatic nitrogens is 2. The Labute approximate surface area is 89.5 Å².